The summed E-state index contributed by atoms with van der Waals surface area (Å²) in [5, 5.41) is 9.04. The molecule has 0 aliphatic rings. The Morgan fingerprint density at radius 3 is 2.38 bits per heavy atom. The van der Waals surface area contributed by atoms with Gasteiger partial charge in [-0.1, -0.05) is 57.5 Å². The number of benzene rings is 1. The zero-order valence-electron chi connectivity index (χ0n) is 13.0. The first-order chi connectivity index (χ1) is 9.86. The highest BCUT2D eigenvalue weighted by Crippen LogP contribution is 2.35. The van der Waals surface area contributed by atoms with E-state index in [2.05, 4.69) is 0 Å². The van der Waals surface area contributed by atoms with E-state index in [1.54, 1.807) is 0 Å². The number of carbonyl (C=O) groups is 2. The summed E-state index contributed by atoms with van der Waals surface area (Å²) >= 11 is 0. The fourth-order valence-electron chi connectivity index (χ4n) is 2.50. The van der Waals surface area contributed by atoms with E-state index >= 15 is 0 Å². The van der Waals surface area contributed by atoms with Crippen molar-refractivity contribution in [3.8, 4) is 0 Å². The third-order valence-electron chi connectivity index (χ3n) is 3.72. The Morgan fingerprint density at radius 1 is 1.24 bits per heavy atom. The van der Waals surface area contributed by atoms with Crippen molar-refractivity contribution in [3.63, 3.8) is 0 Å². The number of carboxylic acids is 1. The fraction of sp³-hybridized carbons (Fsp3) is 0.529. The van der Waals surface area contributed by atoms with Crippen molar-refractivity contribution in [1.29, 1.82) is 0 Å². The molecule has 21 heavy (non-hydrogen) atoms. The van der Waals surface area contributed by atoms with E-state index in [1.165, 1.54) is 0 Å². The summed E-state index contributed by atoms with van der Waals surface area (Å²) in [6, 6.07) is 9.38. The Bertz CT molecular complexity index is 465. The molecule has 4 heteroatoms. The molecule has 1 aromatic carbocycles. The number of carboxylic acid groups (broad SMARTS) is 1. The molecule has 0 aliphatic carbocycles. The monoisotopic (exact) mass is 292 g/mol. The Labute approximate surface area is 126 Å². The molecule has 0 aliphatic heterocycles. The standard InChI is InChI=1S/C17H24O4/c1-4-10-17(2,3)14(11-15(18)19)16(20)21-12-13-8-6-5-7-9-13/h5-9,14H,4,10-12H2,1-3H3,(H,18,19). The molecule has 1 atom stereocenters. The molecule has 4 nitrogen and oxygen atoms in total. The SMILES string of the molecule is CCCC(C)(C)C(CC(=O)O)C(=O)OCc1ccccc1. The summed E-state index contributed by atoms with van der Waals surface area (Å²) < 4.78 is 5.32. The first-order valence-electron chi connectivity index (χ1n) is 7.29. The summed E-state index contributed by atoms with van der Waals surface area (Å²) in [5.74, 6) is -2.03. The maximum absolute atomic E-state index is 12.3. The van der Waals surface area contributed by atoms with Gasteiger partial charge in [0.2, 0.25) is 0 Å². The minimum absolute atomic E-state index is 0.179. The van der Waals surface area contributed by atoms with Gasteiger partial charge in [0.05, 0.1) is 12.3 Å². The van der Waals surface area contributed by atoms with Gasteiger partial charge in [-0.25, -0.2) is 0 Å². The lowest BCUT2D eigenvalue weighted by Crippen LogP contribution is -2.34. The van der Waals surface area contributed by atoms with Crippen LogP contribution in [0.25, 0.3) is 0 Å². The van der Waals surface area contributed by atoms with Crippen LogP contribution in [0.3, 0.4) is 0 Å². The average Bonchev–Trinajstić information content (AvgIpc) is 2.43. The van der Waals surface area contributed by atoms with Crippen LogP contribution >= 0.6 is 0 Å². The Hall–Kier alpha value is -1.84. The van der Waals surface area contributed by atoms with Crippen molar-refractivity contribution in [2.75, 3.05) is 0 Å². The molecule has 1 aromatic rings. The zero-order valence-corrected chi connectivity index (χ0v) is 13.0. The van der Waals surface area contributed by atoms with E-state index in [9.17, 15) is 9.59 Å². The maximum atomic E-state index is 12.3. The lowest BCUT2D eigenvalue weighted by molar-refractivity contribution is -0.159. The van der Waals surface area contributed by atoms with E-state index in [0.29, 0.717) is 0 Å². The topological polar surface area (TPSA) is 63.6 Å². The van der Waals surface area contributed by atoms with Gasteiger partial charge in [0, 0.05) is 0 Å². The molecule has 1 rings (SSSR count). The van der Waals surface area contributed by atoms with Crippen LogP contribution in [0.2, 0.25) is 0 Å². The van der Waals surface area contributed by atoms with Crippen molar-refractivity contribution < 1.29 is 19.4 Å². The second-order valence-electron chi connectivity index (χ2n) is 5.98. The van der Waals surface area contributed by atoms with Crippen LogP contribution in [-0.4, -0.2) is 17.0 Å². The van der Waals surface area contributed by atoms with Crippen LogP contribution in [0.5, 0.6) is 0 Å². The second-order valence-corrected chi connectivity index (χ2v) is 5.98. The summed E-state index contributed by atoms with van der Waals surface area (Å²) in [7, 11) is 0. The quantitative estimate of drug-likeness (QED) is 0.743. The van der Waals surface area contributed by atoms with E-state index < -0.39 is 17.9 Å². The number of carbonyl (C=O) groups excluding carboxylic acids is 1. The molecule has 0 heterocycles. The van der Waals surface area contributed by atoms with E-state index in [1.807, 2.05) is 51.1 Å². The molecule has 0 saturated carbocycles. The molecular weight excluding hydrogens is 268 g/mol. The number of aliphatic carboxylic acids is 1. The Morgan fingerprint density at radius 2 is 1.86 bits per heavy atom. The van der Waals surface area contributed by atoms with Gasteiger partial charge in [0.25, 0.3) is 0 Å². The number of ether oxygens (including phenoxy) is 1. The number of hydrogen-bond donors (Lipinski definition) is 1. The minimum atomic E-state index is -0.971. The number of esters is 1. The van der Waals surface area contributed by atoms with Gasteiger partial charge in [0.15, 0.2) is 0 Å². The van der Waals surface area contributed by atoms with Crippen LogP contribution in [0.1, 0.15) is 45.6 Å². The molecule has 0 saturated heterocycles. The third kappa shape index (κ3) is 5.58. The molecule has 1 unspecified atom stereocenters. The Kier molecular flexibility index (Phi) is 6.40. The molecule has 0 fully saturated rings. The van der Waals surface area contributed by atoms with Crippen LogP contribution in [0, 0.1) is 11.3 Å². The van der Waals surface area contributed by atoms with Gasteiger partial charge in [-0.2, -0.15) is 0 Å². The molecular formula is C17H24O4. The normalized spacial score (nSPS) is 12.7. The average molecular weight is 292 g/mol. The third-order valence-corrected chi connectivity index (χ3v) is 3.72. The molecule has 0 bridgehead atoms. The van der Waals surface area contributed by atoms with Gasteiger partial charge < -0.3 is 9.84 Å². The highest BCUT2D eigenvalue weighted by molar-refractivity contribution is 5.79. The summed E-state index contributed by atoms with van der Waals surface area (Å²) in [5.41, 5.74) is 0.509. The van der Waals surface area contributed by atoms with E-state index in [-0.39, 0.29) is 18.4 Å². The molecule has 0 radical (unpaired) electrons. The molecule has 1 N–H and O–H groups in total. The highest BCUT2D eigenvalue weighted by atomic mass is 16.5. The zero-order chi connectivity index (χ0) is 15.9. The molecule has 0 spiro atoms. The van der Waals surface area contributed by atoms with Crippen molar-refractivity contribution >= 4 is 11.9 Å². The first-order valence-corrected chi connectivity index (χ1v) is 7.29. The molecule has 116 valence electrons. The first kappa shape index (κ1) is 17.2. The lowest BCUT2D eigenvalue weighted by atomic mass is 9.74. The summed E-state index contributed by atoms with van der Waals surface area (Å²) in [6.45, 7) is 6.05. The van der Waals surface area contributed by atoms with Crippen LogP contribution in [-0.2, 0) is 20.9 Å². The maximum Gasteiger partial charge on any atom is 0.310 e. The smallest absolute Gasteiger partial charge is 0.310 e. The van der Waals surface area contributed by atoms with Crippen LogP contribution in [0.15, 0.2) is 30.3 Å². The predicted octanol–water partition coefficient (Wildman–Crippen LogP) is 3.65. The number of hydrogen-bond acceptors (Lipinski definition) is 3. The lowest BCUT2D eigenvalue weighted by Gasteiger charge is -2.31. The summed E-state index contributed by atoms with van der Waals surface area (Å²) in [4.78, 5) is 23.3. The van der Waals surface area contributed by atoms with Gasteiger partial charge >= 0.3 is 11.9 Å². The van der Waals surface area contributed by atoms with Crippen molar-refractivity contribution in [2.45, 2.75) is 46.6 Å². The van der Waals surface area contributed by atoms with Crippen LogP contribution in [0.4, 0.5) is 0 Å². The fourth-order valence-corrected chi connectivity index (χ4v) is 2.50. The van der Waals surface area contributed by atoms with Gasteiger partial charge in [0.1, 0.15) is 6.61 Å². The van der Waals surface area contributed by atoms with Crippen molar-refractivity contribution in [2.24, 2.45) is 11.3 Å². The molecule has 0 amide bonds. The Balaban J connectivity index is 2.73. The highest BCUT2D eigenvalue weighted by Gasteiger charge is 2.37. The summed E-state index contributed by atoms with van der Waals surface area (Å²) in [6.07, 6.45) is 1.49. The van der Waals surface area contributed by atoms with Gasteiger partial charge in [-0.3, -0.25) is 9.59 Å². The van der Waals surface area contributed by atoms with Gasteiger partial charge in [-0.05, 0) is 17.4 Å². The van der Waals surface area contributed by atoms with Gasteiger partial charge in [-0.15, -0.1) is 0 Å². The van der Waals surface area contributed by atoms with Crippen molar-refractivity contribution in [1.82, 2.24) is 0 Å². The van der Waals surface area contributed by atoms with Crippen molar-refractivity contribution in [3.05, 3.63) is 35.9 Å². The predicted molar refractivity (Wildman–Crippen MR) is 80.7 cm³/mol. The number of rotatable bonds is 8. The van der Waals surface area contributed by atoms with E-state index in [4.69, 9.17) is 9.84 Å². The van der Waals surface area contributed by atoms with Crippen LogP contribution < -0.4 is 0 Å². The van der Waals surface area contributed by atoms with E-state index in [0.717, 1.165) is 18.4 Å². The largest absolute Gasteiger partial charge is 0.481 e. The minimum Gasteiger partial charge on any atom is -0.481 e. The second kappa shape index (κ2) is 7.81. The molecule has 0 aromatic heterocycles.